The van der Waals surface area contributed by atoms with Gasteiger partial charge in [-0.25, -0.2) is 0 Å². The Labute approximate surface area is 192 Å². The molecule has 1 aliphatic rings. The van der Waals surface area contributed by atoms with Crippen LogP contribution in [0.25, 0.3) is 0 Å². The minimum atomic E-state index is -0.0728. The standard InChI is InChI=1S/C26H50N2O3/c1-3-5-7-8-9-10-12-19-27(20-16-17-26(30)31-24-15-6-4-2)23-18-25(29)28-21-13-11-14-22-28/h3-24H2,1-2H3. The van der Waals surface area contributed by atoms with E-state index in [1.807, 2.05) is 4.90 Å². The molecule has 1 amide bonds. The molecule has 0 aromatic rings. The van der Waals surface area contributed by atoms with Crippen LogP contribution in [0.4, 0.5) is 0 Å². The number of hydrogen-bond acceptors (Lipinski definition) is 4. The average Bonchev–Trinajstić information content (AvgIpc) is 2.79. The molecule has 5 heteroatoms. The number of rotatable bonds is 19. The number of unbranched alkanes of at least 4 members (excludes halogenated alkanes) is 8. The van der Waals surface area contributed by atoms with Gasteiger partial charge in [-0.15, -0.1) is 0 Å². The Morgan fingerprint density at radius 1 is 0.710 bits per heavy atom. The van der Waals surface area contributed by atoms with Crippen molar-refractivity contribution in [1.29, 1.82) is 0 Å². The van der Waals surface area contributed by atoms with Crippen LogP contribution in [0.1, 0.15) is 117 Å². The first-order valence-corrected chi connectivity index (χ1v) is 13.3. The van der Waals surface area contributed by atoms with Gasteiger partial charge in [-0.2, -0.15) is 0 Å². The zero-order valence-electron chi connectivity index (χ0n) is 20.7. The van der Waals surface area contributed by atoms with E-state index in [1.54, 1.807) is 0 Å². The highest BCUT2D eigenvalue weighted by Crippen LogP contribution is 2.12. The molecule has 0 radical (unpaired) electrons. The normalized spacial score (nSPS) is 14.2. The van der Waals surface area contributed by atoms with Crippen molar-refractivity contribution >= 4 is 11.9 Å². The van der Waals surface area contributed by atoms with Crippen molar-refractivity contribution in [2.45, 2.75) is 117 Å². The fourth-order valence-corrected chi connectivity index (χ4v) is 4.24. The Hall–Kier alpha value is -1.10. The van der Waals surface area contributed by atoms with Crippen molar-refractivity contribution in [2.24, 2.45) is 0 Å². The third-order valence-electron chi connectivity index (χ3n) is 6.29. The maximum absolute atomic E-state index is 12.6. The highest BCUT2D eigenvalue weighted by Gasteiger charge is 2.17. The molecule has 182 valence electrons. The third-order valence-corrected chi connectivity index (χ3v) is 6.29. The maximum Gasteiger partial charge on any atom is 0.305 e. The smallest absolute Gasteiger partial charge is 0.305 e. The van der Waals surface area contributed by atoms with E-state index < -0.39 is 0 Å². The largest absolute Gasteiger partial charge is 0.466 e. The first-order valence-electron chi connectivity index (χ1n) is 13.3. The molecule has 0 aliphatic carbocycles. The number of piperidine rings is 1. The molecular weight excluding hydrogens is 388 g/mol. The van der Waals surface area contributed by atoms with Crippen LogP contribution < -0.4 is 0 Å². The molecule has 1 rings (SSSR count). The van der Waals surface area contributed by atoms with Gasteiger partial charge in [0.25, 0.3) is 0 Å². The van der Waals surface area contributed by atoms with Gasteiger partial charge in [-0.3, -0.25) is 9.59 Å². The molecule has 1 saturated heterocycles. The number of amides is 1. The van der Waals surface area contributed by atoms with Crippen LogP contribution in [0.2, 0.25) is 0 Å². The summed E-state index contributed by atoms with van der Waals surface area (Å²) >= 11 is 0. The summed E-state index contributed by atoms with van der Waals surface area (Å²) in [5.41, 5.74) is 0. The summed E-state index contributed by atoms with van der Waals surface area (Å²) < 4.78 is 5.33. The number of carbonyl (C=O) groups excluding carboxylic acids is 2. The van der Waals surface area contributed by atoms with Gasteiger partial charge in [0, 0.05) is 32.5 Å². The fourth-order valence-electron chi connectivity index (χ4n) is 4.24. The molecule has 0 aromatic heterocycles. The molecule has 0 aromatic carbocycles. The third kappa shape index (κ3) is 15.4. The van der Waals surface area contributed by atoms with Gasteiger partial charge in [0.2, 0.25) is 5.91 Å². The van der Waals surface area contributed by atoms with E-state index in [0.717, 1.165) is 71.2 Å². The Morgan fingerprint density at radius 2 is 1.32 bits per heavy atom. The van der Waals surface area contributed by atoms with Crippen molar-refractivity contribution in [1.82, 2.24) is 9.80 Å². The highest BCUT2D eigenvalue weighted by molar-refractivity contribution is 5.76. The summed E-state index contributed by atoms with van der Waals surface area (Å²) in [7, 11) is 0. The molecular formula is C26H50N2O3. The minimum absolute atomic E-state index is 0.0728. The average molecular weight is 439 g/mol. The summed E-state index contributed by atoms with van der Waals surface area (Å²) in [4.78, 5) is 28.9. The summed E-state index contributed by atoms with van der Waals surface area (Å²) in [5.74, 6) is 0.232. The summed E-state index contributed by atoms with van der Waals surface area (Å²) in [6.45, 7) is 9.55. The van der Waals surface area contributed by atoms with Gasteiger partial charge in [-0.05, 0) is 51.6 Å². The van der Waals surface area contributed by atoms with Crippen LogP contribution >= 0.6 is 0 Å². The second kappa shape index (κ2) is 19.6. The van der Waals surface area contributed by atoms with E-state index >= 15 is 0 Å². The number of ether oxygens (including phenoxy) is 1. The number of likely N-dealkylation sites (tertiary alicyclic amines) is 1. The van der Waals surface area contributed by atoms with Crippen LogP contribution in [0, 0.1) is 0 Å². The van der Waals surface area contributed by atoms with Crippen LogP contribution in [0.5, 0.6) is 0 Å². The first kappa shape index (κ1) is 27.9. The minimum Gasteiger partial charge on any atom is -0.466 e. The highest BCUT2D eigenvalue weighted by atomic mass is 16.5. The van der Waals surface area contributed by atoms with Gasteiger partial charge in [0.15, 0.2) is 0 Å². The molecule has 0 N–H and O–H groups in total. The first-order chi connectivity index (χ1) is 15.2. The Balaban J connectivity index is 2.29. The van der Waals surface area contributed by atoms with E-state index in [2.05, 4.69) is 18.7 Å². The van der Waals surface area contributed by atoms with Crippen molar-refractivity contribution < 1.29 is 14.3 Å². The van der Waals surface area contributed by atoms with E-state index in [0.29, 0.717) is 25.4 Å². The summed E-state index contributed by atoms with van der Waals surface area (Å²) in [6.07, 6.45) is 17.8. The fraction of sp³-hybridized carbons (Fsp3) is 0.923. The lowest BCUT2D eigenvalue weighted by atomic mass is 10.1. The Kier molecular flexibility index (Phi) is 17.6. The molecule has 0 unspecified atom stereocenters. The van der Waals surface area contributed by atoms with E-state index in [1.165, 1.54) is 51.4 Å². The topological polar surface area (TPSA) is 49.9 Å². The zero-order valence-corrected chi connectivity index (χ0v) is 20.7. The molecule has 5 nitrogen and oxygen atoms in total. The molecule has 0 atom stereocenters. The van der Waals surface area contributed by atoms with Gasteiger partial charge in [0.1, 0.15) is 0 Å². The SMILES string of the molecule is CCCCCCCCCN(CCCC(=O)OCCCCC)CCC(=O)N1CCCCC1. The number of carbonyl (C=O) groups is 2. The van der Waals surface area contributed by atoms with Crippen LogP contribution in [-0.2, 0) is 14.3 Å². The monoisotopic (exact) mass is 438 g/mol. The quantitative estimate of drug-likeness (QED) is 0.184. The second-order valence-electron chi connectivity index (χ2n) is 9.19. The molecule has 0 saturated carbocycles. The lowest BCUT2D eigenvalue weighted by Crippen LogP contribution is -2.38. The van der Waals surface area contributed by atoms with Crippen LogP contribution in [0.3, 0.4) is 0 Å². The number of nitrogens with zero attached hydrogens (tertiary/aromatic N) is 2. The summed E-state index contributed by atoms with van der Waals surface area (Å²) in [5, 5.41) is 0. The predicted molar refractivity (Wildman–Crippen MR) is 129 cm³/mol. The van der Waals surface area contributed by atoms with Crippen LogP contribution in [0.15, 0.2) is 0 Å². The Bertz CT molecular complexity index is 450. The van der Waals surface area contributed by atoms with E-state index in [9.17, 15) is 9.59 Å². The number of esters is 1. The van der Waals surface area contributed by atoms with Crippen molar-refractivity contribution in [3.63, 3.8) is 0 Å². The van der Waals surface area contributed by atoms with E-state index in [-0.39, 0.29) is 5.97 Å². The van der Waals surface area contributed by atoms with Gasteiger partial charge >= 0.3 is 5.97 Å². The molecule has 0 spiro atoms. The predicted octanol–water partition coefficient (Wildman–Crippen LogP) is 5.96. The molecule has 31 heavy (non-hydrogen) atoms. The number of hydrogen-bond donors (Lipinski definition) is 0. The van der Waals surface area contributed by atoms with Crippen molar-refractivity contribution in [3.8, 4) is 0 Å². The van der Waals surface area contributed by atoms with Gasteiger partial charge in [0.05, 0.1) is 6.61 Å². The van der Waals surface area contributed by atoms with Gasteiger partial charge in [-0.1, -0.05) is 65.2 Å². The lowest BCUT2D eigenvalue weighted by Gasteiger charge is -2.28. The second-order valence-corrected chi connectivity index (χ2v) is 9.19. The lowest BCUT2D eigenvalue weighted by molar-refractivity contribution is -0.144. The Morgan fingerprint density at radius 3 is 2.03 bits per heavy atom. The molecule has 1 heterocycles. The van der Waals surface area contributed by atoms with Crippen molar-refractivity contribution in [2.75, 3.05) is 39.3 Å². The summed E-state index contributed by atoms with van der Waals surface area (Å²) in [6, 6.07) is 0. The maximum atomic E-state index is 12.6. The molecule has 1 aliphatic heterocycles. The van der Waals surface area contributed by atoms with Gasteiger partial charge < -0.3 is 14.5 Å². The van der Waals surface area contributed by atoms with Crippen LogP contribution in [-0.4, -0.2) is 61.0 Å². The zero-order chi connectivity index (χ0) is 22.6. The van der Waals surface area contributed by atoms with Crippen molar-refractivity contribution in [3.05, 3.63) is 0 Å². The molecule has 0 bridgehead atoms. The van der Waals surface area contributed by atoms with E-state index in [4.69, 9.17) is 4.74 Å². The molecule has 1 fully saturated rings.